The predicted octanol–water partition coefficient (Wildman–Crippen LogP) is 1.54. The van der Waals surface area contributed by atoms with Crippen LogP contribution in [0.25, 0.3) is 5.52 Å². The van der Waals surface area contributed by atoms with Crippen LogP contribution in [0.2, 0.25) is 0 Å². The summed E-state index contributed by atoms with van der Waals surface area (Å²) in [5, 5.41) is 0. The van der Waals surface area contributed by atoms with Gasteiger partial charge >= 0.3 is 0 Å². The van der Waals surface area contributed by atoms with E-state index in [1.54, 1.807) is 25.5 Å². The Bertz CT molecular complexity index is 431. The lowest BCUT2D eigenvalue weighted by Crippen LogP contribution is -1.95. The molecule has 0 fully saturated rings. The van der Waals surface area contributed by atoms with Crippen molar-refractivity contribution in [1.29, 1.82) is 0 Å². The summed E-state index contributed by atoms with van der Waals surface area (Å²) in [6.45, 7) is 1.56. The van der Waals surface area contributed by atoms with E-state index in [1.807, 2.05) is 16.7 Å². The van der Waals surface area contributed by atoms with Gasteiger partial charge in [-0.2, -0.15) is 0 Å². The van der Waals surface area contributed by atoms with Crippen molar-refractivity contribution < 1.29 is 4.79 Å². The van der Waals surface area contributed by atoms with Crippen molar-refractivity contribution in [1.82, 2.24) is 9.38 Å². The highest BCUT2D eigenvalue weighted by Crippen LogP contribution is 2.09. The van der Waals surface area contributed by atoms with Crippen LogP contribution in [0, 0.1) is 0 Å². The molecule has 2 heterocycles. The first-order chi connectivity index (χ1) is 5.79. The van der Waals surface area contributed by atoms with Gasteiger partial charge in [-0.05, 0) is 19.1 Å². The van der Waals surface area contributed by atoms with E-state index in [0.717, 1.165) is 11.1 Å². The minimum absolute atomic E-state index is 0.0705. The second-order valence-corrected chi connectivity index (χ2v) is 2.66. The Morgan fingerprint density at radius 3 is 3.17 bits per heavy atom. The summed E-state index contributed by atoms with van der Waals surface area (Å²) in [4.78, 5) is 15.1. The number of imidazole rings is 1. The van der Waals surface area contributed by atoms with Crippen molar-refractivity contribution in [2.45, 2.75) is 6.92 Å². The molecule has 0 saturated carbocycles. The fourth-order valence-electron chi connectivity index (χ4n) is 1.25. The number of Topliss-reactive ketones (excluding diaryl/α,β-unsaturated/α-hetero) is 1. The smallest absolute Gasteiger partial charge is 0.161 e. The van der Waals surface area contributed by atoms with Crippen molar-refractivity contribution in [3.63, 3.8) is 0 Å². The van der Waals surface area contributed by atoms with Crippen molar-refractivity contribution in [3.8, 4) is 0 Å². The number of carbonyl (C=O) groups excluding carboxylic acids is 1. The molecule has 60 valence electrons. The molecule has 3 nitrogen and oxygen atoms in total. The maximum absolute atomic E-state index is 11.1. The molecule has 2 aromatic heterocycles. The van der Waals surface area contributed by atoms with E-state index >= 15 is 0 Å². The van der Waals surface area contributed by atoms with Gasteiger partial charge < -0.3 is 4.40 Å². The quantitative estimate of drug-likeness (QED) is 0.593. The van der Waals surface area contributed by atoms with Crippen molar-refractivity contribution in [2.24, 2.45) is 0 Å². The topological polar surface area (TPSA) is 34.4 Å². The van der Waals surface area contributed by atoms with Crippen molar-refractivity contribution in [3.05, 3.63) is 36.4 Å². The molecule has 0 aliphatic carbocycles. The maximum Gasteiger partial charge on any atom is 0.161 e. The Balaban J connectivity index is 2.82. The number of hydrogen-bond acceptors (Lipinski definition) is 2. The highest BCUT2D eigenvalue weighted by molar-refractivity contribution is 6.00. The van der Waals surface area contributed by atoms with E-state index in [2.05, 4.69) is 4.98 Å². The minimum atomic E-state index is 0.0705. The molecule has 2 aromatic rings. The molecule has 0 spiro atoms. The fourth-order valence-corrected chi connectivity index (χ4v) is 1.25. The van der Waals surface area contributed by atoms with Crippen LogP contribution in [0.3, 0.4) is 0 Å². The zero-order valence-electron chi connectivity index (χ0n) is 6.69. The van der Waals surface area contributed by atoms with Gasteiger partial charge in [0.15, 0.2) is 5.78 Å². The van der Waals surface area contributed by atoms with Gasteiger partial charge in [-0.25, -0.2) is 4.98 Å². The molecular weight excluding hydrogens is 152 g/mol. The summed E-state index contributed by atoms with van der Waals surface area (Å²) in [5.74, 6) is 0.0705. The molecule has 0 aliphatic rings. The van der Waals surface area contributed by atoms with Crippen molar-refractivity contribution in [2.75, 3.05) is 0 Å². The van der Waals surface area contributed by atoms with Gasteiger partial charge in [-0.1, -0.05) is 0 Å². The first kappa shape index (κ1) is 7.03. The molecule has 12 heavy (non-hydrogen) atoms. The van der Waals surface area contributed by atoms with E-state index in [9.17, 15) is 4.79 Å². The van der Waals surface area contributed by atoms with E-state index in [4.69, 9.17) is 0 Å². The summed E-state index contributed by atoms with van der Waals surface area (Å²) in [7, 11) is 0. The van der Waals surface area contributed by atoms with Crippen LogP contribution in [0.5, 0.6) is 0 Å². The predicted molar refractivity (Wildman–Crippen MR) is 45.2 cm³/mol. The molecule has 0 radical (unpaired) electrons. The number of aromatic nitrogens is 2. The third-order valence-electron chi connectivity index (χ3n) is 1.83. The summed E-state index contributed by atoms with van der Waals surface area (Å²) in [6.07, 6.45) is 5.24. The average Bonchev–Trinajstić information content (AvgIpc) is 2.49. The van der Waals surface area contributed by atoms with Crippen LogP contribution in [0.15, 0.2) is 30.9 Å². The number of rotatable bonds is 1. The van der Waals surface area contributed by atoms with Crippen LogP contribution in [-0.2, 0) is 0 Å². The summed E-state index contributed by atoms with van der Waals surface area (Å²) in [6, 6.07) is 3.64. The summed E-state index contributed by atoms with van der Waals surface area (Å²) in [5.41, 5.74) is 1.58. The Morgan fingerprint density at radius 2 is 2.42 bits per heavy atom. The number of pyridine rings is 1. The van der Waals surface area contributed by atoms with Crippen LogP contribution < -0.4 is 0 Å². The largest absolute Gasteiger partial charge is 0.306 e. The molecule has 0 N–H and O–H groups in total. The van der Waals surface area contributed by atoms with Gasteiger partial charge in [-0.15, -0.1) is 0 Å². The Hall–Kier alpha value is -1.64. The Labute approximate surface area is 69.7 Å². The molecule has 0 aromatic carbocycles. The fraction of sp³-hybridized carbons (Fsp3) is 0.111. The van der Waals surface area contributed by atoms with E-state index in [1.165, 1.54) is 0 Å². The molecular formula is C9H8N2O. The van der Waals surface area contributed by atoms with E-state index < -0.39 is 0 Å². The van der Waals surface area contributed by atoms with Crippen LogP contribution >= 0.6 is 0 Å². The minimum Gasteiger partial charge on any atom is -0.306 e. The number of nitrogens with zero attached hydrogens (tertiary/aromatic N) is 2. The number of fused-ring (bicyclic) bond motifs is 1. The lowest BCUT2D eigenvalue weighted by atomic mass is 10.2. The molecule has 0 amide bonds. The lowest BCUT2D eigenvalue weighted by molar-refractivity contribution is 0.101. The maximum atomic E-state index is 11.1. The summed E-state index contributed by atoms with van der Waals surface area (Å²) < 4.78 is 1.83. The van der Waals surface area contributed by atoms with Gasteiger partial charge in [0.05, 0.1) is 18.0 Å². The van der Waals surface area contributed by atoms with Crippen LogP contribution in [0.1, 0.15) is 17.3 Å². The molecule has 0 atom stereocenters. The first-order valence-electron chi connectivity index (χ1n) is 3.70. The Kier molecular flexibility index (Phi) is 1.43. The van der Waals surface area contributed by atoms with Gasteiger partial charge in [0.1, 0.15) is 0 Å². The van der Waals surface area contributed by atoms with Gasteiger partial charge in [0.2, 0.25) is 0 Å². The summed E-state index contributed by atoms with van der Waals surface area (Å²) >= 11 is 0. The highest BCUT2D eigenvalue weighted by Gasteiger charge is 2.04. The zero-order valence-corrected chi connectivity index (χ0v) is 6.69. The van der Waals surface area contributed by atoms with Crippen LogP contribution in [-0.4, -0.2) is 15.2 Å². The average molecular weight is 160 g/mol. The highest BCUT2D eigenvalue weighted by atomic mass is 16.1. The molecule has 0 unspecified atom stereocenters. The molecule has 0 bridgehead atoms. The van der Waals surface area contributed by atoms with Gasteiger partial charge in [0.25, 0.3) is 0 Å². The third kappa shape index (κ3) is 0.906. The standard InChI is InChI=1S/C9H8N2O/c1-7(12)8-3-2-4-11-6-10-5-9(8)11/h2-6H,1H3. The molecule has 0 aliphatic heterocycles. The number of ketones is 1. The van der Waals surface area contributed by atoms with Crippen molar-refractivity contribution >= 4 is 11.3 Å². The lowest BCUT2D eigenvalue weighted by Gasteiger charge is -1.97. The molecule has 3 heteroatoms. The normalized spacial score (nSPS) is 10.4. The second kappa shape index (κ2) is 2.44. The van der Waals surface area contributed by atoms with Gasteiger partial charge in [-0.3, -0.25) is 4.79 Å². The number of carbonyl (C=O) groups is 1. The molecule has 2 rings (SSSR count). The van der Waals surface area contributed by atoms with E-state index in [-0.39, 0.29) is 5.78 Å². The van der Waals surface area contributed by atoms with Crippen LogP contribution in [0.4, 0.5) is 0 Å². The third-order valence-corrected chi connectivity index (χ3v) is 1.83. The van der Waals surface area contributed by atoms with E-state index in [0.29, 0.717) is 0 Å². The SMILES string of the molecule is CC(=O)c1cccn2cncc12. The molecule has 0 saturated heterocycles. The number of hydrogen-bond donors (Lipinski definition) is 0. The first-order valence-corrected chi connectivity index (χ1v) is 3.70. The Morgan fingerprint density at radius 1 is 1.58 bits per heavy atom. The van der Waals surface area contributed by atoms with Gasteiger partial charge in [0, 0.05) is 11.8 Å². The monoisotopic (exact) mass is 160 g/mol. The zero-order chi connectivity index (χ0) is 8.55. The second-order valence-electron chi connectivity index (χ2n) is 2.66.